The van der Waals surface area contributed by atoms with Gasteiger partial charge in [0.05, 0.1) is 18.1 Å². The number of halogens is 1. The van der Waals surface area contributed by atoms with E-state index in [2.05, 4.69) is 10.2 Å². The Hall–Kier alpha value is -0.370. The Morgan fingerprint density at radius 2 is 1.75 bits per heavy atom. The molecule has 3 saturated heterocycles. The maximum atomic E-state index is 12.7. The second-order valence-electron chi connectivity index (χ2n) is 7.41. The molecule has 2 bridgehead atoms. The van der Waals surface area contributed by atoms with Gasteiger partial charge in [0.25, 0.3) is 0 Å². The molecule has 3 fully saturated rings. The van der Waals surface area contributed by atoms with Crippen molar-refractivity contribution in [2.24, 2.45) is 0 Å². The van der Waals surface area contributed by atoms with Crippen LogP contribution in [0.1, 0.15) is 39.0 Å². The fraction of sp³-hybridized carbons (Fsp3) is 0.938. The van der Waals surface area contributed by atoms with Gasteiger partial charge in [0, 0.05) is 30.7 Å². The molecule has 24 heavy (non-hydrogen) atoms. The van der Waals surface area contributed by atoms with E-state index in [0.29, 0.717) is 37.6 Å². The van der Waals surface area contributed by atoms with Gasteiger partial charge < -0.3 is 10.2 Å². The highest BCUT2D eigenvalue weighted by Crippen LogP contribution is 2.29. The molecule has 0 saturated carbocycles. The summed E-state index contributed by atoms with van der Waals surface area (Å²) in [5, 5.41) is 3.63. The van der Waals surface area contributed by atoms with Gasteiger partial charge in [-0.25, -0.2) is 8.42 Å². The van der Waals surface area contributed by atoms with E-state index in [-0.39, 0.29) is 35.9 Å². The molecule has 140 valence electrons. The van der Waals surface area contributed by atoms with Crippen LogP contribution < -0.4 is 5.32 Å². The fourth-order valence-corrected chi connectivity index (χ4v) is 6.21. The second kappa shape index (κ2) is 7.89. The van der Waals surface area contributed by atoms with Crippen molar-refractivity contribution < 1.29 is 13.2 Å². The first kappa shape index (κ1) is 19.9. The lowest BCUT2D eigenvalue weighted by molar-refractivity contribution is -0.134. The maximum Gasteiger partial charge on any atom is 0.237 e. The molecule has 0 spiro atoms. The molecule has 3 rings (SSSR count). The van der Waals surface area contributed by atoms with Gasteiger partial charge in [0.1, 0.15) is 0 Å². The summed E-state index contributed by atoms with van der Waals surface area (Å²) in [4.78, 5) is 16.6. The molecule has 1 amide bonds. The van der Waals surface area contributed by atoms with Crippen LogP contribution in [0.15, 0.2) is 0 Å². The number of piperidine rings is 1. The van der Waals surface area contributed by atoms with Crippen LogP contribution in [0, 0.1) is 0 Å². The van der Waals surface area contributed by atoms with E-state index in [9.17, 15) is 13.2 Å². The largest absolute Gasteiger partial charge is 0.338 e. The molecule has 0 aliphatic carbocycles. The van der Waals surface area contributed by atoms with Gasteiger partial charge in [-0.2, -0.15) is 0 Å². The van der Waals surface area contributed by atoms with Crippen LogP contribution in [0.3, 0.4) is 0 Å². The van der Waals surface area contributed by atoms with Crippen molar-refractivity contribution in [1.82, 2.24) is 15.1 Å². The number of hydrogen-bond acceptors (Lipinski definition) is 5. The van der Waals surface area contributed by atoms with Gasteiger partial charge in [-0.15, -0.1) is 12.4 Å². The van der Waals surface area contributed by atoms with Crippen molar-refractivity contribution >= 4 is 28.2 Å². The van der Waals surface area contributed by atoms with Crippen LogP contribution in [-0.2, 0) is 14.6 Å². The summed E-state index contributed by atoms with van der Waals surface area (Å²) < 4.78 is 23.4. The van der Waals surface area contributed by atoms with E-state index < -0.39 is 9.84 Å². The van der Waals surface area contributed by atoms with Crippen LogP contribution in [0.4, 0.5) is 0 Å². The number of carbonyl (C=O) groups is 1. The molecule has 3 aliphatic rings. The lowest BCUT2D eigenvalue weighted by Crippen LogP contribution is -2.51. The molecular formula is C16H30ClN3O3S. The number of nitrogens with one attached hydrogen (secondary N) is 1. The Morgan fingerprint density at radius 3 is 2.25 bits per heavy atom. The summed E-state index contributed by atoms with van der Waals surface area (Å²) in [7, 11) is -0.921. The third-order valence-corrected chi connectivity index (χ3v) is 7.52. The Bertz CT molecular complexity index is 545. The molecule has 6 nitrogen and oxygen atoms in total. The smallest absolute Gasteiger partial charge is 0.237 e. The van der Waals surface area contributed by atoms with Gasteiger partial charge >= 0.3 is 0 Å². The average Bonchev–Trinajstić information content (AvgIpc) is 3.01. The van der Waals surface area contributed by atoms with Gasteiger partial charge in [-0.3, -0.25) is 9.69 Å². The summed E-state index contributed by atoms with van der Waals surface area (Å²) in [5.74, 6) is 0.422. The van der Waals surface area contributed by atoms with E-state index in [1.807, 2.05) is 14.0 Å². The molecule has 8 heteroatoms. The van der Waals surface area contributed by atoms with Crippen LogP contribution in [0.5, 0.6) is 0 Å². The van der Waals surface area contributed by atoms with Crippen molar-refractivity contribution in [3.8, 4) is 0 Å². The molecule has 0 aromatic heterocycles. The number of amides is 1. The number of fused-ring (bicyclic) bond motifs is 2. The van der Waals surface area contributed by atoms with E-state index in [1.165, 1.54) is 12.8 Å². The second-order valence-corrected chi connectivity index (χ2v) is 9.64. The van der Waals surface area contributed by atoms with Crippen LogP contribution in [0.25, 0.3) is 0 Å². The maximum absolute atomic E-state index is 12.7. The molecule has 3 heterocycles. The van der Waals surface area contributed by atoms with E-state index in [4.69, 9.17) is 0 Å². The molecular weight excluding hydrogens is 350 g/mol. The van der Waals surface area contributed by atoms with Crippen molar-refractivity contribution in [2.45, 2.75) is 63.2 Å². The SMILES string of the molecule is CCN(C(=O)CN(C)C1CC2CCC(C1)N2)C1CCS(=O)(=O)C1.Cl. The number of sulfone groups is 1. The monoisotopic (exact) mass is 379 g/mol. The zero-order chi connectivity index (χ0) is 16.6. The predicted molar refractivity (Wildman–Crippen MR) is 97.3 cm³/mol. The van der Waals surface area contributed by atoms with Crippen molar-refractivity contribution in [2.75, 3.05) is 31.6 Å². The first-order chi connectivity index (χ1) is 10.9. The van der Waals surface area contributed by atoms with Crippen molar-refractivity contribution in [3.63, 3.8) is 0 Å². The zero-order valence-electron chi connectivity index (χ0n) is 14.6. The summed E-state index contributed by atoms with van der Waals surface area (Å²) in [6.45, 7) is 2.92. The average molecular weight is 380 g/mol. The molecule has 0 aromatic rings. The minimum atomic E-state index is -2.96. The standard InChI is InChI=1S/C16H29N3O3S.ClH/c1-3-19(14-6-7-23(21,22)11-14)16(20)10-18(2)15-8-12-4-5-13(9-15)17-12;/h12-15,17H,3-11H2,1-2H3;1H. The van der Waals surface area contributed by atoms with Gasteiger partial charge in [0.2, 0.25) is 5.91 Å². The highest BCUT2D eigenvalue weighted by molar-refractivity contribution is 7.91. The first-order valence-electron chi connectivity index (χ1n) is 8.84. The highest BCUT2D eigenvalue weighted by Gasteiger charge is 2.37. The van der Waals surface area contributed by atoms with E-state index in [0.717, 1.165) is 12.8 Å². The summed E-state index contributed by atoms with van der Waals surface area (Å²) in [6, 6.07) is 1.55. The third kappa shape index (κ3) is 4.42. The Balaban J connectivity index is 0.00000208. The van der Waals surface area contributed by atoms with Crippen LogP contribution >= 0.6 is 12.4 Å². The topological polar surface area (TPSA) is 69.7 Å². The van der Waals surface area contributed by atoms with Gasteiger partial charge in [-0.05, 0) is 46.1 Å². The molecule has 3 atom stereocenters. The summed E-state index contributed by atoms with van der Waals surface area (Å²) in [6.07, 6.45) is 5.32. The Morgan fingerprint density at radius 1 is 1.12 bits per heavy atom. The quantitative estimate of drug-likeness (QED) is 0.759. The molecule has 3 unspecified atom stereocenters. The number of nitrogens with zero attached hydrogens (tertiary/aromatic N) is 2. The lowest BCUT2D eigenvalue weighted by atomic mass is 9.98. The Kier molecular flexibility index (Phi) is 6.56. The summed E-state index contributed by atoms with van der Waals surface area (Å²) >= 11 is 0. The summed E-state index contributed by atoms with van der Waals surface area (Å²) in [5.41, 5.74) is 0. The van der Waals surface area contributed by atoms with Crippen LogP contribution in [-0.4, -0.2) is 79.9 Å². The van der Waals surface area contributed by atoms with Gasteiger partial charge in [0.15, 0.2) is 9.84 Å². The van der Waals surface area contributed by atoms with E-state index in [1.54, 1.807) is 4.90 Å². The van der Waals surface area contributed by atoms with Crippen molar-refractivity contribution in [3.05, 3.63) is 0 Å². The molecule has 1 N–H and O–H groups in total. The van der Waals surface area contributed by atoms with Crippen LogP contribution in [0.2, 0.25) is 0 Å². The number of hydrogen-bond donors (Lipinski definition) is 1. The third-order valence-electron chi connectivity index (χ3n) is 5.77. The lowest BCUT2D eigenvalue weighted by Gasteiger charge is -2.36. The molecule has 0 radical (unpaired) electrons. The number of carbonyl (C=O) groups excluding carboxylic acids is 1. The minimum absolute atomic E-state index is 0. The molecule has 0 aromatic carbocycles. The number of likely N-dealkylation sites (N-methyl/N-ethyl adjacent to an activating group) is 2. The molecule has 3 aliphatic heterocycles. The van der Waals surface area contributed by atoms with Gasteiger partial charge in [-0.1, -0.05) is 0 Å². The Labute approximate surface area is 151 Å². The fourth-order valence-electron chi connectivity index (χ4n) is 4.48. The number of rotatable bonds is 5. The predicted octanol–water partition coefficient (Wildman–Crippen LogP) is 0.659. The van der Waals surface area contributed by atoms with Crippen molar-refractivity contribution in [1.29, 1.82) is 0 Å². The van der Waals surface area contributed by atoms with E-state index >= 15 is 0 Å². The highest BCUT2D eigenvalue weighted by atomic mass is 35.5. The zero-order valence-corrected chi connectivity index (χ0v) is 16.2. The normalized spacial score (nSPS) is 34.1. The first-order valence-corrected chi connectivity index (χ1v) is 10.7. The minimum Gasteiger partial charge on any atom is -0.338 e.